The Bertz CT molecular complexity index is 793. The smallest absolute Gasteiger partial charge is 0.230 e. The average Bonchev–Trinajstić information content (AvgIpc) is 3.29. The highest BCUT2D eigenvalue weighted by Gasteiger charge is 2.23. The van der Waals surface area contributed by atoms with E-state index in [1.54, 1.807) is 7.11 Å². The van der Waals surface area contributed by atoms with E-state index >= 15 is 0 Å². The van der Waals surface area contributed by atoms with Crippen LogP contribution in [-0.4, -0.2) is 51.8 Å². The number of nitrogens with zero attached hydrogens (tertiary/aromatic N) is 3. The number of thioether (sulfide) groups is 1. The van der Waals surface area contributed by atoms with Crippen LogP contribution in [0.5, 0.6) is 5.75 Å². The molecule has 2 aromatic rings. The van der Waals surface area contributed by atoms with Crippen LogP contribution in [0.3, 0.4) is 0 Å². The Kier molecular flexibility index (Phi) is 6.61. The lowest BCUT2D eigenvalue weighted by Crippen LogP contribution is -2.41. The Labute approximate surface area is 170 Å². The van der Waals surface area contributed by atoms with E-state index in [2.05, 4.69) is 20.1 Å². The van der Waals surface area contributed by atoms with Gasteiger partial charge in [0.15, 0.2) is 11.0 Å². The summed E-state index contributed by atoms with van der Waals surface area (Å²) in [4.78, 5) is 12.2. The van der Waals surface area contributed by atoms with Gasteiger partial charge in [0.1, 0.15) is 5.75 Å². The highest BCUT2D eigenvalue weighted by atomic mass is 32.2. The van der Waals surface area contributed by atoms with Crippen molar-refractivity contribution in [3.05, 3.63) is 24.3 Å². The summed E-state index contributed by atoms with van der Waals surface area (Å²) in [5.41, 5.74) is 0.703. The first kappa shape index (κ1) is 20.7. The molecule has 152 valence electrons. The molecule has 7 nitrogen and oxygen atoms in total. The molecular weight excluding hydrogens is 376 g/mol. The fourth-order valence-corrected chi connectivity index (χ4v) is 3.84. The Morgan fingerprint density at radius 3 is 2.68 bits per heavy atom. The summed E-state index contributed by atoms with van der Waals surface area (Å²) in [6.07, 6.45) is 2.24. The van der Waals surface area contributed by atoms with Gasteiger partial charge in [0.25, 0.3) is 0 Å². The number of hydrogen-bond acceptors (Lipinski definition) is 6. The molecule has 3 rings (SSSR count). The van der Waals surface area contributed by atoms with Crippen molar-refractivity contribution in [2.45, 2.75) is 57.0 Å². The Morgan fingerprint density at radius 2 is 2.07 bits per heavy atom. The van der Waals surface area contributed by atoms with Crippen LogP contribution in [0.1, 0.15) is 33.6 Å². The van der Waals surface area contributed by atoms with Crippen molar-refractivity contribution in [3.8, 4) is 17.1 Å². The number of ether oxygens (including phenoxy) is 2. The Balaban J connectivity index is 1.80. The molecule has 0 radical (unpaired) electrons. The van der Waals surface area contributed by atoms with Crippen molar-refractivity contribution in [1.29, 1.82) is 0 Å². The van der Waals surface area contributed by atoms with Gasteiger partial charge in [-0.1, -0.05) is 11.8 Å². The van der Waals surface area contributed by atoms with Crippen LogP contribution in [0.4, 0.5) is 0 Å². The lowest BCUT2D eigenvalue weighted by Gasteiger charge is -2.20. The lowest BCUT2D eigenvalue weighted by atomic mass is 10.1. The van der Waals surface area contributed by atoms with Crippen molar-refractivity contribution < 1.29 is 14.3 Å². The molecule has 0 saturated carbocycles. The van der Waals surface area contributed by atoms with Crippen LogP contribution in [0, 0.1) is 0 Å². The fraction of sp³-hybridized carbons (Fsp3) is 0.550. The van der Waals surface area contributed by atoms with Gasteiger partial charge in [-0.3, -0.25) is 9.36 Å². The largest absolute Gasteiger partial charge is 0.497 e. The zero-order valence-electron chi connectivity index (χ0n) is 16.9. The summed E-state index contributed by atoms with van der Waals surface area (Å²) in [5, 5.41) is 12.5. The van der Waals surface area contributed by atoms with Crippen LogP contribution in [0.2, 0.25) is 0 Å². The first-order valence-corrected chi connectivity index (χ1v) is 10.5. The first-order chi connectivity index (χ1) is 13.4. The van der Waals surface area contributed by atoms with E-state index in [1.165, 1.54) is 11.8 Å². The predicted octanol–water partition coefficient (Wildman–Crippen LogP) is 3.14. The van der Waals surface area contributed by atoms with Gasteiger partial charge < -0.3 is 14.8 Å². The van der Waals surface area contributed by atoms with E-state index in [-0.39, 0.29) is 17.6 Å². The monoisotopic (exact) mass is 404 g/mol. The standard InChI is InChI=1S/C20H28N4O3S/c1-20(2,3)21-17(25)13-28-19-23-22-18(14-7-9-15(26-4)10-8-14)24(19)12-16-6-5-11-27-16/h7-10,16H,5-6,11-13H2,1-4H3,(H,21,25). The van der Waals surface area contributed by atoms with Gasteiger partial charge in [0, 0.05) is 17.7 Å². The molecule has 1 amide bonds. The van der Waals surface area contributed by atoms with Crippen molar-refractivity contribution in [2.24, 2.45) is 0 Å². The number of rotatable bonds is 7. The molecule has 8 heteroatoms. The molecule has 1 aliphatic heterocycles. The molecule has 1 aliphatic rings. The summed E-state index contributed by atoms with van der Waals surface area (Å²) in [6, 6.07) is 7.75. The number of methoxy groups -OCH3 is 1. The molecule has 28 heavy (non-hydrogen) atoms. The molecule has 0 aliphatic carbocycles. The first-order valence-electron chi connectivity index (χ1n) is 9.49. The highest BCUT2D eigenvalue weighted by molar-refractivity contribution is 7.99. The zero-order valence-corrected chi connectivity index (χ0v) is 17.7. The van der Waals surface area contributed by atoms with E-state index in [1.807, 2.05) is 45.0 Å². The molecule has 2 heterocycles. The molecule has 1 atom stereocenters. The van der Waals surface area contributed by atoms with E-state index in [4.69, 9.17) is 9.47 Å². The molecule has 1 aromatic heterocycles. The van der Waals surface area contributed by atoms with Gasteiger partial charge in [0.2, 0.25) is 5.91 Å². The maximum absolute atomic E-state index is 12.2. The Hall–Kier alpha value is -2.06. The number of benzene rings is 1. The second-order valence-corrected chi connectivity index (χ2v) is 8.81. The molecule has 0 spiro atoms. The predicted molar refractivity (Wildman–Crippen MR) is 110 cm³/mol. The summed E-state index contributed by atoms with van der Waals surface area (Å²) in [5.74, 6) is 1.85. The SMILES string of the molecule is COc1ccc(-c2nnc(SCC(=O)NC(C)(C)C)n2CC2CCCO2)cc1. The maximum atomic E-state index is 12.2. The fourth-order valence-electron chi connectivity index (χ4n) is 3.09. The Morgan fingerprint density at radius 1 is 1.32 bits per heavy atom. The summed E-state index contributed by atoms with van der Waals surface area (Å²) in [7, 11) is 1.65. The van der Waals surface area contributed by atoms with E-state index in [0.717, 1.165) is 41.7 Å². The minimum absolute atomic E-state index is 0.0184. The van der Waals surface area contributed by atoms with Gasteiger partial charge in [-0.15, -0.1) is 10.2 Å². The van der Waals surface area contributed by atoms with Gasteiger partial charge in [0.05, 0.1) is 25.5 Å². The third-order valence-electron chi connectivity index (χ3n) is 4.32. The minimum atomic E-state index is -0.253. The minimum Gasteiger partial charge on any atom is -0.497 e. The van der Waals surface area contributed by atoms with Gasteiger partial charge >= 0.3 is 0 Å². The molecule has 1 saturated heterocycles. The van der Waals surface area contributed by atoms with E-state index in [0.29, 0.717) is 12.3 Å². The van der Waals surface area contributed by atoms with Crippen LogP contribution in [0.25, 0.3) is 11.4 Å². The summed E-state index contributed by atoms with van der Waals surface area (Å²) < 4.78 is 13.1. The topological polar surface area (TPSA) is 78.3 Å². The quantitative estimate of drug-likeness (QED) is 0.715. The number of carbonyl (C=O) groups excluding carboxylic acids is 1. The third kappa shape index (κ3) is 5.48. The summed E-state index contributed by atoms with van der Waals surface area (Å²) >= 11 is 1.40. The molecule has 1 unspecified atom stereocenters. The normalized spacial score (nSPS) is 16.9. The van der Waals surface area contributed by atoms with Crippen molar-refractivity contribution in [3.63, 3.8) is 0 Å². The maximum Gasteiger partial charge on any atom is 0.230 e. The average molecular weight is 405 g/mol. The van der Waals surface area contributed by atoms with Gasteiger partial charge in [-0.05, 0) is 57.9 Å². The number of carbonyl (C=O) groups is 1. The van der Waals surface area contributed by atoms with Crippen molar-refractivity contribution in [1.82, 2.24) is 20.1 Å². The number of aromatic nitrogens is 3. The second-order valence-electron chi connectivity index (χ2n) is 7.87. The van der Waals surface area contributed by atoms with Gasteiger partial charge in [-0.25, -0.2) is 0 Å². The molecule has 0 bridgehead atoms. The third-order valence-corrected chi connectivity index (χ3v) is 5.29. The van der Waals surface area contributed by atoms with Crippen LogP contribution >= 0.6 is 11.8 Å². The number of hydrogen-bond donors (Lipinski definition) is 1. The molecule has 1 aromatic carbocycles. The van der Waals surface area contributed by atoms with Crippen LogP contribution in [-0.2, 0) is 16.1 Å². The summed E-state index contributed by atoms with van der Waals surface area (Å²) in [6.45, 7) is 7.38. The molecule has 1 N–H and O–H groups in total. The highest BCUT2D eigenvalue weighted by Crippen LogP contribution is 2.27. The molecule has 1 fully saturated rings. The van der Waals surface area contributed by atoms with E-state index < -0.39 is 0 Å². The van der Waals surface area contributed by atoms with Gasteiger partial charge in [-0.2, -0.15) is 0 Å². The zero-order chi connectivity index (χ0) is 20.1. The van der Waals surface area contributed by atoms with Crippen molar-refractivity contribution in [2.75, 3.05) is 19.5 Å². The van der Waals surface area contributed by atoms with Crippen molar-refractivity contribution >= 4 is 17.7 Å². The van der Waals surface area contributed by atoms with Crippen LogP contribution in [0.15, 0.2) is 29.4 Å². The lowest BCUT2D eigenvalue weighted by molar-refractivity contribution is -0.119. The number of nitrogens with one attached hydrogen (secondary N) is 1. The van der Waals surface area contributed by atoms with Crippen LogP contribution < -0.4 is 10.1 Å². The molecular formula is C20H28N4O3S. The number of amides is 1. The second kappa shape index (κ2) is 8.96. The van der Waals surface area contributed by atoms with E-state index in [9.17, 15) is 4.79 Å².